The maximum absolute atomic E-state index is 12.2. The van der Waals surface area contributed by atoms with E-state index >= 15 is 0 Å². The number of allylic oxidation sites excluding steroid dienone is 3. The summed E-state index contributed by atoms with van der Waals surface area (Å²) in [5.74, 6) is -0.658. The number of ether oxygens (including phenoxy) is 1. The highest BCUT2D eigenvalue weighted by Crippen LogP contribution is 2.17. The van der Waals surface area contributed by atoms with Crippen LogP contribution in [0.5, 0.6) is 0 Å². The van der Waals surface area contributed by atoms with Gasteiger partial charge in [0.25, 0.3) is 0 Å². The third-order valence-corrected chi connectivity index (χ3v) is 4.07. The van der Waals surface area contributed by atoms with Crippen LogP contribution in [0.15, 0.2) is 53.6 Å². The van der Waals surface area contributed by atoms with Crippen LogP contribution < -0.4 is 11.1 Å². The van der Waals surface area contributed by atoms with Crippen molar-refractivity contribution in [3.8, 4) is 0 Å². The Labute approximate surface area is 174 Å². The summed E-state index contributed by atoms with van der Waals surface area (Å²) >= 11 is 0. The molecule has 1 amide bonds. The van der Waals surface area contributed by atoms with E-state index in [1.807, 2.05) is 43.3 Å². The Morgan fingerprint density at radius 3 is 2.36 bits per heavy atom. The molecule has 1 rings (SSSR count). The molecule has 0 radical (unpaired) electrons. The minimum absolute atomic E-state index is 0. The standard InChI is InChI=1S/C22H32N2O3.ClH/c1-16(2)9-8-10-17(3)13-14-27-21(25)15-20(24-22(26)18(4)23)19-11-6-5-7-12-19;/h5-7,9,11-13,18,20H,8,10,14-15,23H2,1-4H3,(H,24,26);1H/b17-13+;/t18?,20-;/m1./s1. The van der Waals surface area contributed by atoms with Crippen molar-refractivity contribution < 1.29 is 14.3 Å². The quantitative estimate of drug-likeness (QED) is 0.448. The zero-order chi connectivity index (χ0) is 20.2. The summed E-state index contributed by atoms with van der Waals surface area (Å²) in [7, 11) is 0. The molecule has 0 saturated heterocycles. The number of hydrogen-bond acceptors (Lipinski definition) is 4. The molecule has 156 valence electrons. The number of benzene rings is 1. The topological polar surface area (TPSA) is 81.4 Å². The predicted octanol–water partition coefficient (Wildman–Crippen LogP) is 4.24. The lowest BCUT2D eigenvalue weighted by Gasteiger charge is -2.19. The molecule has 0 fully saturated rings. The highest BCUT2D eigenvalue weighted by Gasteiger charge is 2.20. The van der Waals surface area contributed by atoms with Crippen LogP contribution >= 0.6 is 12.4 Å². The summed E-state index contributed by atoms with van der Waals surface area (Å²) in [4.78, 5) is 24.2. The van der Waals surface area contributed by atoms with Crippen molar-refractivity contribution >= 4 is 24.3 Å². The first-order valence-electron chi connectivity index (χ1n) is 9.35. The van der Waals surface area contributed by atoms with Gasteiger partial charge in [-0.2, -0.15) is 0 Å². The monoisotopic (exact) mass is 408 g/mol. The third-order valence-electron chi connectivity index (χ3n) is 4.07. The number of nitrogens with two attached hydrogens (primary N) is 1. The first-order valence-corrected chi connectivity index (χ1v) is 9.35. The molecule has 3 N–H and O–H groups in total. The first-order chi connectivity index (χ1) is 12.8. The maximum Gasteiger partial charge on any atom is 0.308 e. The smallest absolute Gasteiger partial charge is 0.308 e. The molecule has 28 heavy (non-hydrogen) atoms. The molecule has 0 heterocycles. The van der Waals surface area contributed by atoms with E-state index in [1.165, 1.54) is 11.1 Å². The molecule has 1 unspecified atom stereocenters. The van der Waals surface area contributed by atoms with Gasteiger partial charge in [0.05, 0.1) is 18.5 Å². The molecule has 0 aliphatic carbocycles. The van der Waals surface area contributed by atoms with Gasteiger partial charge < -0.3 is 15.8 Å². The largest absolute Gasteiger partial charge is 0.461 e. The molecule has 0 bridgehead atoms. The van der Waals surface area contributed by atoms with Crippen molar-refractivity contribution in [2.75, 3.05) is 6.61 Å². The van der Waals surface area contributed by atoms with Crippen LogP contribution in [0.4, 0.5) is 0 Å². The second-order valence-electron chi connectivity index (χ2n) is 7.02. The molecule has 1 aromatic rings. The van der Waals surface area contributed by atoms with Gasteiger partial charge in [-0.1, -0.05) is 47.6 Å². The lowest BCUT2D eigenvalue weighted by atomic mass is 10.0. The molecule has 0 aliphatic heterocycles. The van der Waals surface area contributed by atoms with Crippen LogP contribution in [0.25, 0.3) is 0 Å². The van der Waals surface area contributed by atoms with E-state index < -0.39 is 12.1 Å². The average Bonchev–Trinajstić information content (AvgIpc) is 2.61. The van der Waals surface area contributed by atoms with Crippen LogP contribution in [0, 0.1) is 0 Å². The Hall–Kier alpha value is -2.11. The molecule has 2 atom stereocenters. The lowest BCUT2D eigenvalue weighted by molar-refractivity contribution is -0.143. The van der Waals surface area contributed by atoms with Gasteiger partial charge in [-0.3, -0.25) is 9.59 Å². The van der Waals surface area contributed by atoms with Gasteiger partial charge in [-0.05, 0) is 52.2 Å². The first kappa shape index (κ1) is 25.9. The molecule has 5 nitrogen and oxygen atoms in total. The summed E-state index contributed by atoms with van der Waals surface area (Å²) in [6.07, 6.45) is 6.11. The summed E-state index contributed by atoms with van der Waals surface area (Å²) in [6.45, 7) is 8.03. The number of halogens is 1. The SMILES string of the molecule is CC(C)=CCC/C(C)=C/COC(=O)C[C@@H](NC(=O)C(C)N)c1ccccc1.Cl. The second-order valence-corrected chi connectivity index (χ2v) is 7.02. The van der Waals surface area contributed by atoms with Gasteiger partial charge in [0.2, 0.25) is 5.91 Å². The van der Waals surface area contributed by atoms with Crippen molar-refractivity contribution in [2.24, 2.45) is 5.73 Å². The predicted molar refractivity (Wildman–Crippen MR) is 116 cm³/mol. The Bertz CT molecular complexity index is 666. The van der Waals surface area contributed by atoms with Crippen molar-refractivity contribution in [3.05, 3.63) is 59.2 Å². The fourth-order valence-corrected chi connectivity index (χ4v) is 2.43. The highest BCUT2D eigenvalue weighted by atomic mass is 35.5. The van der Waals surface area contributed by atoms with E-state index in [4.69, 9.17) is 10.5 Å². The molecule has 1 aromatic carbocycles. The van der Waals surface area contributed by atoms with Crippen LogP contribution in [0.1, 0.15) is 58.6 Å². The molecule has 0 aromatic heterocycles. The zero-order valence-electron chi connectivity index (χ0n) is 17.2. The van der Waals surface area contributed by atoms with Crippen molar-refractivity contribution in [1.82, 2.24) is 5.32 Å². The number of rotatable bonds is 10. The highest BCUT2D eigenvalue weighted by molar-refractivity contribution is 5.85. The molecule has 0 spiro atoms. The molecule has 0 saturated carbocycles. The Morgan fingerprint density at radius 1 is 1.14 bits per heavy atom. The van der Waals surface area contributed by atoms with E-state index in [2.05, 4.69) is 25.2 Å². The van der Waals surface area contributed by atoms with E-state index in [1.54, 1.807) is 6.92 Å². The van der Waals surface area contributed by atoms with Gasteiger partial charge in [-0.15, -0.1) is 12.4 Å². The third kappa shape index (κ3) is 10.9. The Morgan fingerprint density at radius 2 is 1.79 bits per heavy atom. The number of hydrogen-bond donors (Lipinski definition) is 2. The normalized spacial score (nSPS) is 13.0. The van der Waals surface area contributed by atoms with Crippen LogP contribution in [0.2, 0.25) is 0 Å². The van der Waals surface area contributed by atoms with Crippen LogP contribution in [0.3, 0.4) is 0 Å². The number of nitrogens with one attached hydrogen (secondary N) is 1. The minimum atomic E-state index is -0.640. The Kier molecular flexibility index (Phi) is 12.9. The van der Waals surface area contributed by atoms with Gasteiger partial charge >= 0.3 is 5.97 Å². The van der Waals surface area contributed by atoms with Gasteiger partial charge in [-0.25, -0.2) is 0 Å². The van der Waals surface area contributed by atoms with E-state index in [0.717, 1.165) is 18.4 Å². The van der Waals surface area contributed by atoms with Crippen molar-refractivity contribution in [2.45, 2.75) is 59.0 Å². The minimum Gasteiger partial charge on any atom is -0.461 e. The summed E-state index contributed by atoms with van der Waals surface area (Å²) in [6, 6.07) is 8.25. The molecule has 0 aliphatic rings. The van der Waals surface area contributed by atoms with E-state index in [0.29, 0.717) is 0 Å². The number of amides is 1. The number of esters is 1. The lowest BCUT2D eigenvalue weighted by Crippen LogP contribution is -2.41. The molecular weight excluding hydrogens is 376 g/mol. The number of carbonyl (C=O) groups excluding carboxylic acids is 2. The van der Waals surface area contributed by atoms with E-state index in [9.17, 15) is 9.59 Å². The molecular formula is C22H33ClN2O3. The van der Waals surface area contributed by atoms with Gasteiger partial charge in [0.15, 0.2) is 0 Å². The fraction of sp³-hybridized carbons (Fsp3) is 0.455. The maximum atomic E-state index is 12.2. The molecule has 6 heteroatoms. The summed E-state index contributed by atoms with van der Waals surface area (Å²) in [5.41, 5.74) is 8.96. The van der Waals surface area contributed by atoms with Crippen molar-refractivity contribution in [1.29, 1.82) is 0 Å². The van der Waals surface area contributed by atoms with Crippen LogP contribution in [-0.2, 0) is 14.3 Å². The van der Waals surface area contributed by atoms with Gasteiger partial charge in [0.1, 0.15) is 6.61 Å². The summed E-state index contributed by atoms with van der Waals surface area (Å²) < 4.78 is 5.32. The van der Waals surface area contributed by atoms with E-state index in [-0.39, 0.29) is 37.3 Å². The summed E-state index contributed by atoms with van der Waals surface area (Å²) in [5, 5.41) is 2.81. The number of carbonyl (C=O) groups is 2. The van der Waals surface area contributed by atoms with Gasteiger partial charge in [0, 0.05) is 0 Å². The Balaban J connectivity index is 0.00000729. The second kappa shape index (κ2) is 14.0. The fourth-order valence-electron chi connectivity index (χ4n) is 2.43. The van der Waals surface area contributed by atoms with Crippen molar-refractivity contribution in [3.63, 3.8) is 0 Å². The average molecular weight is 409 g/mol. The van der Waals surface area contributed by atoms with Crippen LogP contribution in [-0.4, -0.2) is 24.5 Å². The zero-order valence-corrected chi connectivity index (χ0v) is 18.1.